The molecule has 0 rings (SSSR count). The van der Waals surface area contributed by atoms with Crippen molar-refractivity contribution in [3.05, 3.63) is 23.3 Å². The summed E-state index contributed by atoms with van der Waals surface area (Å²) >= 11 is 0. The first-order chi connectivity index (χ1) is 8.97. The van der Waals surface area contributed by atoms with E-state index in [0.717, 1.165) is 13.0 Å². The smallest absolute Gasteiger partial charge is 0.0653 e. The lowest BCUT2D eigenvalue weighted by molar-refractivity contribution is 0.101. The van der Waals surface area contributed by atoms with E-state index in [1.54, 1.807) is 0 Å². The third kappa shape index (κ3) is 7.89. The molecule has 0 saturated heterocycles. The zero-order chi connectivity index (χ0) is 16.0. The Labute approximate surface area is 127 Å². The first kappa shape index (κ1) is 19.4. The second-order valence-corrected chi connectivity index (χ2v) is 7.83. The van der Waals surface area contributed by atoms with Gasteiger partial charge in [0.2, 0.25) is 0 Å². The predicted octanol–water partition coefficient (Wildman–Crippen LogP) is 6.16. The van der Waals surface area contributed by atoms with E-state index < -0.39 is 0 Å². The highest BCUT2D eigenvalue weighted by Crippen LogP contribution is 2.33. The van der Waals surface area contributed by atoms with Gasteiger partial charge in [0.1, 0.15) is 0 Å². The highest BCUT2D eigenvalue weighted by atomic mass is 16.5. The molecule has 0 aromatic rings. The van der Waals surface area contributed by atoms with Crippen molar-refractivity contribution < 1.29 is 4.74 Å². The van der Waals surface area contributed by atoms with E-state index in [1.165, 1.54) is 17.6 Å². The van der Waals surface area contributed by atoms with Gasteiger partial charge in [0.15, 0.2) is 0 Å². The van der Waals surface area contributed by atoms with Crippen LogP contribution in [0.4, 0.5) is 0 Å². The molecule has 0 bridgehead atoms. The Kier molecular flexibility index (Phi) is 7.80. The molecule has 0 saturated carbocycles. The standard InChI is InChI=1S/C19H36O/c1-15(2)20-14-12-17(4)19(8,9)13-10-11-16(3)18(5,6)7/h11-12,15H,10,13-14H2,1-9H3/b16-11+,17-12+. The van der Waals surface area contributed by atoms with Gasteiger partial charge in [0, 0.05) is 0 Å². The van der Waals surface area contributed by atoms with Crippen molar-refractivity contribution in [2.45, 2.75) is 81.3 Å². The van der Waals surface area contributed by atoms with Crippen LogP contribution in [0, 0.1) is 10.8 Å². The summed E-state index contributed by atoms with van der Waals surface area (Å²) in [5.41, 5.74) is 3.45. The molecule has 0 aliphatic carbocycles. The summed E-state index contributed by atoms with van der Waals surface area (Å²) in [7, 11) is 0. The molecule has 0 unspecified atom stereocenters. The normalized spacial score (nSPS) is 15.1. The van der Waals surface area contributed by atoms with Crippen molar-refractivity contribution in [2.24, 2.45) is 10.8 Å². The minimum Gasteiger partial charge on any atom is -0.375 e. The Morgan fingerprint density at radius 2 is 1.50 bits per heavy atom. The van der Waals surface area contributed by atoms with E-state index in [9.17, 15) is 0 Å². The topological polar surface area (TPSA) is 9.23 Å². The summed E-state index contributed by atoms with van der Waals surface area (Å²) in [4.78, 5) is 0. The van der Waals surface area contributed by atoms with Crippen molar-refractivity contribution in [1.82, 2.24) is 0 Å². The van der Waals surface area contributed by atoms with Crippen LogP contribution in [0.15, 0.2) is 23.3 Å². The molecule has 0 aliphatic heterocycles. The molecule has 0 aromatic heterocycles. The molecule has 0 amide bonds. The fourth-order valence-corrected chi connectivity index (χ4v) is 1.79. The average Bonchev–Trinajstić information content (AvgIpc) is 2.26. The Morgan fingerprint density at radius 1 is 0.950 bits per heavy atom. The molecule has 0 heterocycles. The van der Waals surface area contributed by atoms with Gasteiger partial charge in [-0.3, -0.25) is 0 Å². The molecule has 0 aliphatic rings. The summed E-state index contributed by atoms with van der Waals surface area (Å²) in [6, 6.07) is 0. The number of rotatable bonds is 7. The number of ether oxygens (including phenoxy) is 1. The maximum absolute atomic E-state index is 5.61. The monoisotopic (exact) mass is 280 g/mol. The molecule has 0 spiro atoms. The largest absolute Gasteiger partial charge is 0.375 e. The van der Waals surface area contributed by atoms with Crippen LogP contribution in [-0.2, 0) is 4.74 Å². The number of hydrogen-bond acceptors (Lipinski definition) is 1. The maximum Gasteiger partial charge on any atom is 0.0653 e. The quantitative estimate of drug-likeness (QED) is 0.508. The molecule has 0 fully saturated rings. The lowest BCUT2D eigenvalue weighted by atomic mass is 9.79. The van der Waals surface area contributed by atoms with Gasteiger partial charge in [-0.05, 0) is 51.4 Å². The second kappa shape index (κ2) is 8.02. The second-order valence-electron chi connectivity index (χ2n) is 7.83. The molecule has 20 heavy (non-hydrogen) atoms. The van der Waals surface area contributed by atoms with E-state index in [2.05, 4.69) is 74.5 Å². The number of allylic oxidation sites excluding steroid dienone is 3. The van der Waals surface area contributed by atoms with Crippen LogP contribution < -0.4 is 0 Å². The maximum atomic E-state index is 5.61. The van der Waals surface area contributed by atoms with E-state index in [4.69, 9.17) is 4.74 Å². The molecule has 0 N–H and O–H groups in total. The predicted molar refractivity (Wildman–Crippen MR) is 91.1 cm³/mol. The van der Waals surface area contributed by atoms with E-state index in [0.29, 0.717) is 11.5 Å². The molecule has 0 atom stereocenters. The Bertz CT molecular complexity index is 337. The highest BCUT2D eigenvalue weighted by molar-refractivity contribution is 5.12. The van der Waals surface area contributed by atoms with E-state index in [1.807, 2.05) is 0 Å². The summed E-state index contributed by atoms with van der Waals surface area (Å²) in [6.45, 7) is 20.8. The molecular formula is C19H36O. The SMILES string of the molecule is C/C(=C\CCC(C)(C)/C(C)=C/COC(C)C)C(C)(C)C. The van der Waals surface area contributed by atoms with Gasteiger partial charge in [0.25, 0.3) is 0 Å². The van der Waals surface area contributed by atoms with Crippen molar-refractivity contribution in [2.75, 3.05) is 6.61 Å². The van der Waals surface area contributed by atoms with Crippen molar-refractivity contribution >= 4 is 0 Å². The lowest BCUT2D eigenvalue weighted by Crippen LogP contribution is -2.14. The highest BCUT2D eigenvalue weighted by Gasteiger charge is 2.19. The van der Waals surface area contributed by atoms with Crippen LogP contribution in [0.1, 0.15) is 75.2 Å². The van der Waals surface area contributed by atoms with Crippen molar-refractivity contribution in [1.29, 1.82) is 0 Å². The summed E-state index contributed by atoms with van der Waals surface area (Å²) in [5.74, 6) is 0. The molecule has 0 aromatic carbocycles. The minimum atomic E-state index is 0.245. The first-order valence-corrected chi connectivity index (χ1v) is 7.93. The fraction of sp³-hybridized carbons (Fsp3) is 0.789. The van der Waals surface area contributed by atoms with Crippen LogP contribution in [0.2, 0.25) is 0 Å². The Hall–Kier alpha value is -0.560. The van der Waals surface area contributed by atoms with Crippen LogP contribution >= 0.6 is 0 Å². The molecule has 1 nitrogen and oxygen atoms in total. The third-order valence-electron chi connectivity index (χ3n) is 4.29. The zero-order valence-electron chi connectivity index (χ0n) is 15.3. The zero-order valence-corrected chi connectivity index (χ0v) is 15.3. The van der Waals surface area contributed by atoms with Gasteiger partial charge in [-0.15, -0.1) is 0 Å². The van der Waals surface area contributed by atoms with Crippen LogP contribution in [0.3, 0.4) is 0 Å². The minimum absolute atomic E-state index is 0.245. The number of hydrogen-bond donors (Lipinski definition) is 0. The van der Waals surface area contributed by atoms with E-state index >= 15 is 0 Å². The van der Waals surface area contributed by atoms with Gasteiger partial charge in [-0.25, -0.2) is 0 Å². The lowest BCUT2D eigenvalue weighted by Gasteiger charge is -2.26. The molecule has 118 valence electrons. The van der Waals surface area contributed by atoms with Gasteiger partial charge in [-0.2, -0.15) is 0 Å². The van der Waals surface area contributed by atoms with Crippen LogP contribution in [-0.4, -0.2) is 12.7 Å². The van der Waals surface area contributed by atoms with Gasteiger partial charge < -0.3 is 4.74 Å². The summed E-state index contributed by atoms with van der Waals surface area (Å²) in [5, 5.41) is 0. The van der Waals surface area contributed by atoms with Gasteiger partial charge >= 0.3 is 0 Å². The van der Waals surface area contributed by atoms with Crippen LogP contribution in [0.25, 0.3) is 0 Å². The summed E-state index contributed by atoms with van der Waals surface area (Å²) in [6.07, 6.45) is 7.27. The average molecular weight is 280 g/mol. The Morgan fingerprint density at radius 3 is 1.95 bits per heavy atom. The van der Waals surface area contributed by atoms with Gasteiger partial charge in [0.05, 0.1) is 12.7 Å². The van der Waals surface area contributed by atoms with Crippen molar-refractivity contribution in [3.63, 3.8) is 0 Å². The van der Waals surface area contributed by atoms with Gasteiger partial charge in [-0.1, -0.05) is 57.9 Å². The molecule has 0 radical (unpaired) electrons. The summed E-state index contributed by atoms with van der Waals surface area (Å²) < 4.78 is 5.61. The molecule has 1 heteroatoms. The third-order valence-corrected chi connectivity index (χ3v) is 4.29. The van der Waals surface area contributed by atoms with Crippen molar-refractivity contribution in [3.8, 4) is 0 Å². The molecular weight excluding hydrogens is 244 g/mol. The van der Waals surface area contributed by atoms with Crippen LogP contribution in [0.5, 0.6) is 0 Å². The first-order valence-electron chi connectivity index (χ1n) is 7.93. The Balaban J connectivity index is 4.45. The fourth-order valence-electron chi connectivity index (χ4n) is 1.79. The van der Waals surface area contributed by atoms with E-state index in [-0.39, 0.29) is 5.41 Å².